The summed E-state index contributed by atoms with van der Waals surface area (Å²) in [6.45, 7) is 11.8. The molecule has 0 amide bonds. The van der Waals surface area contributed by atoms with Gasteiger partial charge < -0.3 is 5.11 Å². The van der Waals surface area contributed by atoms with Crippen molar-refractivity contribution in [3.05, 3.63) is 11.6 Å². The summed E-state index contributed by atoms with van der Waals surface area (Å²) in [7, 11) is 0. The Morgan fingerprint density at radius 1 is 1.00 bits per heavy atom. The van der Waals surface area contributed by atoms with Crippen molar-refractivity contribution in [2.24, 2.45) is 46.3 Å². The van der Waals surface area contributed by atoms with Gasteiger partial charge in [-0.05, 0) is 104 Å². The van der Waals surface area contributed by atoms with Gasteiger partial charge in [-0.15, -0.1) is 0 Å². The lowest BCUT2D eigenvalue weighted by Gasteiger charge is -2.58. The number of fused-ring (bicyclic) bond motifs is 9. The van der Waals surface area contributed by atoms with E-state index in [9.17, 15) is 5.11 Å². The third kappa shape index (κ3) is 2.48. The summed E-state index contributed by atoms with van der Waals surface area (Å²) in [6, 6.07) is 1.75. The van der Waals surface area contributed by atoms with E-state index in [1.807, 2.05) is 0 Å². The van der Waals surface area contributed by atoms with Crippen LogP contribution in [-0.2, 0) is 0 Å². The third-order valence-corrected chi connectivity index (χ3v) is 11.7. The Kier molecular flexibility index (Phi) is 4.23. The van der Waals surface area contributed by atoms with Crippen LogP contribution in [0.25, 0.3) is 0 Å². The predicted octanol–water partition coefficient (Wildman–Crippen LogP) is 5.66. The fourth-order valence-electron chi connectivity index (χ4n) is 10.4. The molecule has 2 aliphatic heterocycles. The highest BCUT2D eigenvalue weighted by molar-refractivity contribution is 5.26. The van der Waals surface area contributed by atoms with Crippen LogP contribution in [0, 0.1) is 46.3 Å². The van der Waals surface area contributed by atoms with Crippen LogP contribution in [0.1, 0.15) is 85.5 Å². The SMILES string of the molecule is C[C@@H]1CC[C@H]2[C@@H](C)[C@H]3[C@H](C[C@H]4[C@@H]5CC=C6C[C@@H](O)CC[C@]6(C)[C@H]5CC[C@]34C)N2C1. The minimum Gasteiger partial charge on any atom is -0.393 e. The molecule has 0 aromatic rings. The van der Waals surface area contributed by atoms with E-state index in [4.69, 9.17) is 0 Å². The number of piperidine rings is 1. The molecule has 1 N–H and O–H groups in total. The number of hydrogen-bond donors (Lipinski definition) is 1. The van der Waals surface area contributed by atoms with Crippen LogP contribution in [0.15, 0.2) is 11.6 Å². The van der Waals surface area contributed by atoms with Crippen molar-refractivity contribution in [1.82, 2.24) is 4.90 Å². The average molecular weight is 398 g/mol. The molecule has 11 atom stereocenters. The quantitative estimate of drug-likeness (QED) is 0.534. The molecule has 3 saturated carbocycles. The molecule has 2 saturated heterocycles. The van der Waals surface area contributed by atoms with Crippen molar-refractivity contribution in [3.8, 4) is 0 Å². The molecule has 6 aliphatic rings. The summed E-state index contributed by atoms with van der Waals surface area (Å²) >= 11 is 0. The van der Waals surface area contributed by atoms with E-state index in [1.54, 1.807) is 5.57 Å². The van der Waals surface area contributed by atoms with Crippen LogP contribution in [0.3, 0.4) is 0 Å². The zero-order valence-electron chi connectivity index (χ0n) is 19.2. The van der Waals surface area contributed by atoms with Gasteiger partial charge in [-0.3, -0.25) is 4.90 Å². The van der Waals surface area contributed by atoms with Gasteiger partial charge in [-0.2, -0.15) is 0 Å². The lowest BCUT2D eigenvalue weighted by atomic mass is 9.47. The van der Waals surface area contributed by atoms with E-state index in [0.29, 0.717) is 10.8 Å². The number of aliphatic hydroxyl groups is 1. The third-order valence-electron chi connectivity index (χ3n) is 11.7. The molecule has 0 spiro atoms. The summed E-state index contributed by atoms with van der Waals surface area (Å²) in [6.07, 6.45) is 14.3. The van der Waals surface area contributed by atoms with Crippen LogP contribution in [0.5, 0.6) is 0 Å². The van der Waals surface area contributed by atoms with Gasteiger partial charge in [0.15, 0.2) is 0 Å². The van der Waals surface area contributed by atoms with Crippen LogP contribution in [-0.4, -0.2) is 34.7 Å². The Hall–Kier alpha value is -0.340. The highest BCUT2D eigenvalue weighted by atomic mass is 16.3. The van der Waals surface area contributed by atoms with E-state index >= 15 is 0 Å². The minimum absolute atomic E-state index is 0.0792. The largest absolute Gasteiger partial charge is 0.393 e. The van der Waals surface area contributed by atoms with Crippen LogP contribution < -0.4 is 0 Å². The standard InChI is InChI=1S/C27H43NO/c1-16-5-8-23-17(2)25-24(28(23)15-16)14-22-20-7-6-18-13-19(29)9-11-26(18,3)21(20)10-12-27(22,25)4/h6,16-17,19-25,29H,5,7-15H2,1-4H3/t16-,17-,19+,20-,21+,22+,23+,24+,25+,26+,27+/m1/s1. The molecule has 0 unspecified atom stereocenters. The molecule has 2 nitrogen and oxygen atoms in total. The van der Waals surface area contributed by atoms with Gasteiger partial charge in [0.2, 0.25) is 0 Å². The summed E-state index contributed by atoms with van der Waals surface area (Å²) in [4.78, 5) is 3.02. The maximum atomic E-state index is 10.3. The zero-order valence-corrected chi connectivity index (χ0v) is 19.2. The van der Waals surface area contributed by atoms with Crippen LogP contribution >= 0.6 is 0 Å². The second kappa shape index (κ2) is 6.35. The summed E-state index contributed by atoms with van der Waals surface area (Å²) < 4.78 is 0. The van der Waals surface area contributed by atoms with Crippen molar-refractivity contribution in [3.63, 3.8) is 0 Å². The van der Waals surface area contributed by atoms with Gasteiger partial charge in [0, 0.05) is 18.6 Å². The van der Waals surface area contributed by atoms with Crippen LogP contribution in [0.4, 0.5) is 0 Å². The fourth-order valence-corrected chi connectivity index (χ4v) is 10.4. The van der Waals surface area contributed by atoms with Gasteiger partial charge in [-0.1, -0.05) is 39.3 Å². The van der Waals surface area contributed by atoms with E-state index in [-0.39, 0.29) is 6.10 Å². The molecule has 0 bridgehead atoms. The lowest BCUT2D eigenvalue weighted by molar-refractivity contribution is -0.0574. The van der Waals surface area contributed by atoms with Crippen molar-refractivity contribution >= 4 is 0 Å². The molecule has 0 aromatic carbocycles. The Labute approximate surface area is 178 Å². The monoisotopic (exact) mass is 397 g/mol. The lowest BCUT2D eigenvalue weighted by Crippen LogP contribution is -2.51. The van der Waals surface area contributed by atoms with Crippen molar-refractivity contribution in [2.75, 3.05) is 6.54 Å². The number of nitrogens with zero attached hydrogens (tertiary/aromatic N) is 1. The molecule has 162 valence electrons. The summed E-state index contributed by atoms with van der Waals surface area (Å²) in [5.41, 5.74) is 2.58. The smallest absolute Gasteiger partial charge is 0.0577 e. The molecular weight excluding hydrogens is 354 g/mol. The van der Waals surface area contributed by atoms with E-state index in [1.165, 1.54) is 51.5 Å². The average Bonchev–Trinajstić information content (AvgIpc) is 3.15. The second-order valence-electron chi connectivity index (χ2n) is 12.8. The number of hydrogen-bond acceptors (Lipinski definition) is 2. The molecule has 29 heavy (non-hydrogen) atoms. The van der Waals surface area contributed by atoms with Gasteiger partial charge >= 0.3 is 0 Å². The second-order valence-corrected chi connectivity index (χ2v) is 12.8. The molecule has 4 aliphatic carbocycles. The number of aliphatic hydroxyl groups excluding tert-OH is 1. The molecular formula is C27H43NO. The molecule has 2 heteroatoms. The van der Waals surface area contributed by atoms with E-state index in [0.717, 1.165) is 60.4 Å². The van der Waals surface area contributed by atoms with Crippen molar-refractivity contribution in [2.45, 2.75) is 104 Å². The topological polar surface area (TPSA) is 23.5 Å². The fraction of sp³-hybridized carbons (Fsp3) is 0.926. The Morgan fingerprint density at radius 3 is 2.66 bits per heavy atom. The molecule has 5 fully saturated rings. The highest BCUT2D eigenvalue weighted by Gasteiger charge is 2.66. The van der Waals surface area contributed by atoms with Crippen molar-refractivity contribution < 1.29 is 5.11 Å². The molecule has 0 radical (unpaired) electrons. The van der Waals surface area contributed by atoms with Crippen molar-refractivity contribution in [1.29, 1.82) is 0 Å². The summed E-state index contributed by atoms with van der Waals surface area (Å²) in [5.74, 6) is 5.44. The number of rotatable bonds is 0. The number of allylic oxidation sites excluding steroid dienone is 1. The first-order valence-electron chi connectivity index (χ1n) is 13.0. The maximum absolute atomic E-state index is 10.3. The zero-order chi connectivity index (χ0) is 20.1. The first-order chi connectivity index (χ1) is 13.8. The van der Waals surface area contributed by atoms with Crippen LogP contribution in [0.2, 0.25) is 0 Å². The molecule has 6 rings (SSSR count). The molecule has 2 heterocycles. The molecule has 0 aromatic heterocycles. The Balaban J connectivity index is 1.33. The van der Waals surface area contributed by atoms with Gasteiger partial charge in [0.1, 0.15) is 0 Å². The maximum Gasteiger partial charge on any atom is 0.0577 e. The van der Waals surface area contributed by atoms with E-state index < -0.39 is 0 Å². The normalized spacial score (nSPS) is 59.2. The highest BCUT2D eigenvalue weighted by Crippen LogP contribution is 2.69. The van der Waals surface area contributed by atoms with Gasteiger partial charge in [-0.25, -0.2) is 0 Å². The predicted molar refractivity (Wildman–Crippen MR) is 118 cm³/mol. The van der Waals surface area contributed by atoms with Gasteiger partial charge in [0.25, 0.3) is 0 Å². The first-order valence-corrected chi connectivity index (χ1v) is 13.0. The Bertz CT molecular complexity index is 715. The Morgan fingerprint density at radius 2 is 1.83 bits per heavy atom. The minimum atomic E-state index is -0.0792. The summed E-state index contributed by atoms with van der Waals surface area (Å²) in [5, 5.41) is 10.3. The first kappa shape index (κ1) is 19.4. The van der Waals surface area contributed by atoms with Gasteiger partial charge in [0.05, 0.1) is 6.10 Å². The van der Waals surface area contributed by atoms with E-state index in [2.05, 4.69) is 38.7 Å².